The van der Waals surface area contributed by atoms with Gasteiger partial charge in [0.1, 0.15) is 60.3 Å². The molecule has 0 aliphatic heterocycles. The first-order valence-electron chi connectivity index (χ1n) is 45.2. The maximum atomic E-state index is 14.6. The van der Waals surface area contributed by atoms with Gasteiger partial charge in [-0.3, -0.25) is 76.7 Å². The van der Waals surface area contributed by atoms with E-state index in [1.165, 1.54) is 6.92 Å². The van der Waals surface area contributed by atoms with Gasteiger partial charge in [0.05, 0.1) is 151 Å². The minimum atomic E-state index is -2.01. The normalized spacial score (nSPS) is 12.9. The predicted molar refractivity (Wildman–Crippen MR) is 491 cm³/mol. The topological polar surface area (TPSA) is 655 Å². The quantitative estimate of drug-likeness (QED) is 0.0179. The van der Waals surface area contributed by atoms with E-state index in [4.69, 9.17) is 69.7 Å². The number of aromatic nitrogens is 3. The molecule has 0 spiro atoms. The number of amides is 12. The molecule has 0 bridgehead atoms. The first-order valence-corrected chi connectivity index (χ1v) is 45.2. The van der Waals surface area contributed by atoms with Gasteiger partial charge in [-0.25, -0.2) is 4.68 Å². The van der Waals surface area contributed by atoms with Gasteiger partial charge in [0.15, 0.2) is 5.78 Å². The molecule has 12 amide bonds. The molecule has 1 heterocycles. The zero-order valence-electron chi connectivity index (χ0n) is 77.9. The molecule has 4 aromatic carbocycles. The number of carbonyl (C=O) groups excluding carboxylic acids is 13. The summed E-state index contributed by atoms with van der Waals surface area (Å²) in [6.45, 7) is 16.4. The zero-order valence-corrected chi connectivity index (χ0v) is 77.9. The molecular weight excluding hydrogens is 1790 g/mol. The van der Waals surface area contributed by atoms with Crippen molar-refractivity contribution in [2.24, 2.45) is 29.0 Å². The maximum Gasteiger partial charge on any atom is 0.305 e. The van der Waals surface area contributed by atoms with Gasteiger partial charge in [-0.2, -0.15) is 0 Å². The summed E-state index contributed by atoms with van der Waals surface area (Å²) in [5.41, 5.74) is 20.4. The predicted octanol–water partition coefficient (Wildman–Crippen LogP) is -0.0619. The van der Waals surface area contributed by atoms with Crippen molar-refractivity contribution in [2.45, 2.75) is 173 Å². The molecule has 137 heavy (non-hydrogen) atoms. The summed E-state index contributed by atoms with van der Waals surface area (Å²) in [4.78, 5) is 208. The van der Waals surface area contributed by atoms with Crippen LogP contribution in [0, 0.1) is 11.8 Å². The fourth-order valence-electron chi connectivity index (χ4n) is 12.9. The molecule has 45 heteroatoms. The monoisotopic (exact) mass is 1920 g/mol. The van der Waals surface area contributed by atoms with E-state index in [-0.39, 0.29) is 94.4 Å². The second-order valence-corrected chi connectivity index (χ2v) is 32.4. The van der Waals surface area contributed by atoms with Gasteiger partial charge < -0.3 is 133 Å². The lowest BCUT2D eigenvalue weighted by atomic mass is 9.98. The summed E-state index contributed by atoms with van der Waals surface area (Å²) >= 11 is 0. The lowest BCUT2D eigenvalue weighted by molar-refractivity contribution is -0.142. The van der Waals surface area contributed by atoms with Crippen molar-refractivity contribution in [3.63, 3.8) is 0 Å². The van der Waals surface area contributed by atoms with Crippen LogP contribution in [0.2, 0.25) is 0 Å². The Labute approximate surface area is 793 Å². The second-order valence-electron chi connectivity index (χ2n) is 32.4. The number of carbonyl (C=O) groups is 16. The van der Waals surface area contributed by atoms with E-state index in [1.54, 1.807) is 136 Å². The highest BCUT2D eigenvalue weighted by atomic mass is 16.6. The molecule has 8 atom stereocenters. The van der Waals surface area contributed by atoms with Crippen molar-refractivity contribution in [3.05, 3.63) is 148 Å². The molecule has 5 aromatic rings. The van der Waals surface area contributed by atoms with Crippen LogP contribution < -0.4 is 75.1 Å². The van der Waals surface area contributed by atoms with Crippen molar-refractivity contribution in [3.8, 4) is 5.75 Å². The fourth-order valence-corrected chi connectivity index (χ4v) is 12.9. The van der Waals surface area contributed by atoms with Crippen molar-refractivity contribution < 1.29 is 139 Å². The molecular formula is C92H132N16O29. The lowest BCUT2D eigenvalue weighted by Crippen LogP contribution is -2.61. The third-order valence-electron chi connectivity index (χ3n) is 20.0. The maximum absolute atomic E-state index is 14.6. The number of ether oxygens (including phenoxy) is 10. The number of aliphatic carboxylic acids is 3. The minimum absolute atomic E-state index is 0.0315. The number of unbranched alkanes of at least 4 members (excludes halogenated alkanes) is 1. The Bertz CT molecular complexity index is 4620. The molecule has 0 saturated carbocycles. The number of nitrogens with two attached hydrogens (primary N) is 3. The summed E-state index contributed by atoms with van der Waals surface area (Å²) in [6, 6.07) is 15.2. The number of carboxylic acid groups (broad SMARTS) is 3. The Hall–Kier alpha value is -12.9. The summed E-state index contributed by atoms with van der Waals surface area (Å²) in [5.74, 6) is -15.2. The van der Waals surface area contributed by atoms with Gasteiger partial charge in [0.25, 0.3) is 17.7 Å². The molecule has 754 valence electrons. The van der Waals surface area contributed by atoms with E-state index in [9.17, 15) is 86.9 Å². The summed E-state index contributed by atoms with van der Waals surface area (Å²) in [7, 11) is 0. The Morgan fingerprint density at radius 3 is 1.27 bits per heavy atom. The van der Waals surface area contributed by atoms with Crippen LogP contribution in [0.25, 0.3) is 0 Å². The first kappa shape index (κ1) is 115. The number of hydrogen-bond donors (Lipinski definition) is 16. The number of hydrogen-bond acceptors (Lipinski definition) is 29. The van der Waals surface area contributed by atoms with Gasteiger partial charge in [-0.15, -0.1) is 5.10 Å². The molecule has 0 saturated heterocycles. The molecule has 0 fully saturated rings. The first-order chi connectivity index (χ1) is 65.6. The molecule has 19 N–H and O–H groups in total. The van der Waals surface area contributed by atoms with Crippen LogP contribution in [0.4, 0.5) is 0 Å². The summed E-state index contributed by atoms with van der Waals surface area (Å²) < 4.78 is 57.3. The Morgan fingerprint density at radius 2 is 0.788 bits per heavy atom. The van der Waals surface area contributed by atoms with Crippen molar-refractivity contribution in [2.75, 3.05) is 139 Å². The molecule has 0 aliphatic rings. The number of primary amides is 2. The van der Waals surface area contributed by atoms with Gasteiger partial charge in [-0.1, -0.05) is 93.6 Å². The van der Waals surface area contributed by atoms with Gasteiger partial charge in [-0.05, 0) is 117 Å². The number of nitrogens with zero attached hydrogens (tertiary/aromatic N) is 3. The number of Topliss-reactive ketones (excluding diaryl/α,β-unsaturated/α-hetero) is 1. The minimum Gasteiger partial charge on any atom is -0.487 e. The van der Waals surface area contributed by atoms with E-state index in [1.807, 2.05) is 6.07 Å². The van der Waals surface area contributed by atoms with Crippen LogP contribution >= 0.6 is 0 Å². The molecule has 5 rings (SSSR count). The average molecular weight is 1930 g/mol. The van der Waals surface area contributed by atoms with Crippen molar-refractivity contribution in [1.82, 2.24) is 68.2 Å². The number of ketones is 1. The standard InChI is InChI=1S/C92H132N16O29/c1-59(2)49-73(102-89(124)74(50-60(3)4)103-90(125)75(52-62-13-7-6-8-14-62)104-87(122)72(25-27-80(113)114)100-91(126)76(54-78(94)110)105-92(127)77(55-81(115)116)101-86(121)70(93)24-26-79(111)112)88(123)99-71(82(95)117)19-9-10-28-96-84(119)66-16-11-15-63(51-66)56-108-57-68(106-107-108)58-137-69-18-12-17-67(53-69)85(120)98-30-32-129-34-36-131-38-40-133-42-44-135-46-48-136-47-45-134-43-41-132-39-37-130-35-33-128-31-29-97-83(118)65-22-20-64(21-23-65)61(5)109/h6-8,11-18,20-23,51,53,57,59-60,70-77H,9-10,19,24-50,52,54-56,58,93H2,1-5H3,(H2,94,110)(H2,95,117)(H,96,119)(H,97,118)(H,98,120)(H,99,123)(H,100,126)(H,101,121)(H,102,124)(H,103,125)(H,104,122)(H,105,127)(H,111,112)(H,113,114)(H,115,116)/t70-,71-,72-,73-,74-,75-,76-,77-/m0/s1. The molecule has 0 radical (unpaired) electrons. The Morgan fingerprint density at radius 1 is 0.387 bits per heavy atom. The average Bonchev–Trinajstić information content (AvgIpc) is 1.41. The molecule has 0 unspecified atom stereocenters. The largest absolute Gasteiger partial charge is 0.487 e. The van der Waals surface area contributed by atoms with E-state index >= 15 is 0 Å². The Balaban J connectivity index is 0.964. The molecule has 1 aromatic heterocycles. The highest BCUT2D eigenvalue weighted by molar-refractivity contribution is 6.01. The van der Waals surface area contributed by atoms with E-state index in [2.05, 4.69) is 63.5 Å². The number of benzene rings is 4. The second kappa shape index (κ2) is 65.8. The SMILES string of the molecule is CC(=O)c1ccc(C(=O)NCCOCCOCCOCCOCCOCCOCCOCCOCCOCCNC(=O)c2cccc(OCc3cn(Cc4cccc(C(=O)NCCCC[C@H](NC(=O)[C@H](CC(C)C)NC(=O)[C@H](CC(C)C)NC(=O)[C@H](Cc5ccccc5)NC(=O)[C@H](CCC(=O)O)NC(=O)[C@H](CC(N)=O)NC(=O)[C@H](CC(=O)O)NC(=O)[C@@H](N)CCC(=O)O)C(N)=O)c4)nn3)c2)cc1. The van der Waals surface area contributed by atoms with Crippen LogP contribution in [0.1, 0.15) is 164 Å². The van der Waals surface area contributed by atoms with E-state index in [0.717, 1.165) is 5.56 Å². The van der Waals surface area contributed by atoms with Crippen LogP contribution in [0.3, 0.4) is 0 Å². The van der Waals surface area contributed by atoms with Crippen LogP contribution in [-0.2, 0) is 120 Å². The lowest BCUT2D eigenvalue weighted by Gasteiger charge is -2.28. The summed E-state index contributed by atoms with van der Waals surface area (Å²) in [6.07, 6.45) is -2.47. The highest BCUT2D eigenvalue weighted by Gasteiger charge is 2.37. The number of carboxylic acids is 3. The zero-order chi connectivity index (χ0) is 100. The van der Waals surface area contributed by atoms with E-state index < -0.39 is 164 Å². The van der Waals surface area contributed by atoms with Crippen molar-refractivity contribution >= 4 is 94.6 Å². The van der Waals surface area contributed by atoms with Gasteiger partial charge >= 0.3 is 17.9 Å². The Kier molecular flexibility index (Phi) is 55.0. The third kappa shape index (κ3) is 49.5. The highest BCUT2D eigenvalue weighted by Crippen LogP contribution is 2.18. The number of nitrogens with one attached hydrogen (secondary N) is 10. The van der Waals surface area contributed by atoms with Gasteiger partial charge in [0.2, 0.25) is 53.2 Å². The van der Waals surface area contributed by atoms with Crippen LogP contribution in [-0.4, -0.2) is 312 Å². The fraction of sp³-hybridized carbons (Fsp3) is 0.543. The molecule has 45 nitrogen and oxygen atoms in total. The molecule has 0 aliphatic carbocycles. The number of rotatable bonds is 75. The summed E-state index contributed by atoms with van der Waals surface area (Å²) in [5, 5.41) is 62.1. The smallest absolute Gasteiger partial charge is 0.305 e. The van der Waals surface area contributed by atoms with Crippen molar-refractivity contribution in [1.29, 1.82) is 0 Å². The van der Waals surface area contributed by atoms with E-state index in [0.29, 0.717) is 165 Å². The van der Waals surface area contributed by atoms with Crippen LogP contribution in [0.15, 0.2) is 109 Å². The third-order valence-corrected chi connectivity index (χ3v) is 20.0. The van der Waals surface area contributed by atoms with Crippen LogP contribution in [0.5, 0.6) is 5.75 Å². The van der Waals surface area contributed by atoms with Gasteiger partial charge in [0, 0.05) is 61.2 Å².